The minimum Gasteiger partial charge on any atom is -0.336 e. The fourth-order valence-corrected chi connectivity index (χ4v) is 3.04. The molecule has 0 bridgehead atoms. The zero-order valence-electron chi connectivity index (χ0n) is 12.4. The smallest absolute Gasteiger partial charge is 0.324 e. The van der Waals surface area contributed by atoms with Crippen molar-refractivity contribution in [3.8, 4) is 0 Å². The van der Waals surface area contributed by atoms with E-state index in [0.717, 1.165) is 31.0 Å². The average molecular weight is 311 g/mol. The van der Waals surface area contributed by atoms with Gasteiger partial charge in [-0.3, -0.25) is 9.69 Å². The first-order valence-electron chi connectivity index (χ1n) is 7.27. The van der Waals surface area contributed by atoms with Crippen molar-refractivity contribution < 1.29 is 9.59 Å². The number of aromatic nitrogens is 3. The number of rotatable bonds is 7. The SMILES string of the molecule is CCCCCn1cnnc1S[C@H](C)C(=O)N1CCNC1=O. The Labute approximate surface area is 128 Å². The summed E-state index contributed by atoms with van der Waals surface area (Å²) in [4.78, 5) is 25.0. The van der Waals surface area contributed by atoms with Crippen LogP contribution in [-0.4, -0.2) is 49.9 Å². The summed E-state index contributed by atoms with van der Waals surface area (Å²) in [7, 11) is 0. The van der Waals surface area contributed by atoms with Gasteiger partial charge in [0, 0.05) is 19.6 Å². The lowest BCUT2D eigenvalue weighted by Gasteiger charge is -2.17. The van der Waals surface area contributed by atoms with Crippen LogP contribution in [0.15, 0.2) is 11.5 Å². The van der Waals surface area contributed by atoms with Gasteiger partial charge in [-0.25, -0.2) is 4.79 Å². The van der Waals surface area contributed by atoms with Gasteiger partial charge in [0.1, 0.15) is 6.33 Å². The summed E-state index contributed by atoms with van der Waals surface area (Å²) >= 11 is 1.35. The molecule has 7 nitrogen and oxygen atoms in total. The lowest BCUT2D eigenvalue weighted by molar-refractivity contribution is -0.126. The van der Waals surface area contributed by atoms with E-state index in [-0.39, 0.29) is 17.2 Å². The first-order valence-corrected chi connectivity index (χ1v) is 8.15. The molecule has 3 amide bonds. The highest BCUT2D eigenvalue weighted by Gasteiger charge is 2.30. The molecule has 0 radical (unpaired) electrons. The van der Waals surface area contributed by atoms with Crippen LogP contribution in [0.1, 0.15) is 33.1 Å². The third kappa shape index (κ3) is 3.96. The number of carbonyl (C=O) groups is 2. The molecule has 1 atom stereocenters. The van der Waals surface area contributed by atoms with Crippen molar-refractivity contribution in [3.63, 3.8) is 0 Å². The van der Waals surface area contributed by atoms with Gasteiger partial charge in [0.05, 0.1) is 5.25 Å². The van der Waals surface area contributed by atoms with Crippen LogP contribution < -0.4 is 5.32 Å². The lowest BCUT2D eigenvalue weighted by Crippen LogP contribution is -2.39. The van der Waals surface area contributed by atoms with Crippen LogP contribution >= 0.6 is 11.8 Å². The lowest BCUT2D eigenvalue weighted by atomic mass is 10.2. The summed E-state index contributed by atoms with van der Waals surface area (Å²) in [6.45, 7) is 5.77. The fourth-order valence-electron chi connectivity index (χ4n) is 2.13. The third-order valence-electron chi connectivity index (χ3n) is 3.34. The van der Waals surface area contributed by atoms with E-state index in [4.69, 9.17) is 0 Å². The van der Waals surface area contributed by atoms with Crippen LogP contribution in [0.4, 0.5) is 4.79 Å². The molecule has 8 heteroatoms. The number of amides is 3. The number of thioether (sulfide) groups is 1. The van der Waals surface area contributed by atoms with Crippen molar-refractivity contribution in [1.82, 2.24) is 25.0 Å². The zero-order chi connectivity index (χ0) is 15.2. The minimum absolute atomic E-state index is 0.182. The Morgan fingerprint density at radius 1 is 1.52 bits per heavy atom. The van der Waals surface area contributed by atoms with Crippen molar-refractivity contribution in [2.24, 2.45) is 0 Å². The molecule has 0 aromatic carbocycles. The molecule has 1 saturated heterocycles. The fraction of sp³-hybridized carbons (Fsp3) is 0.692. The van der Waals surface area contributed by atoms with Crippen LogP contribution in [0, 0.1) is 0 Å². The highest BCUT2D eigenvalue weighted by atomic mass is 32.2. The minimum atomic E-state index is -0.358. The third-order valence-corrected chi connectivity index (χ3v) is 4.42. The second-order valence-corrected chi connectivity index (χ2v) is 6.30. The molecule has 0 aliphatic carbocycles. The van der Waals surface area contributed by atoms with Crippen LogP contribution in [0.5, 0.6) is 0 Å². The number of nitrogens with zero attached hydrogens (tertiary/aromatic N) is 4. The molecule has 1 N–H and O–H groups in total. The molecule has 1 fully saturated rings. The van der Waals surface area contributed by atoms with Gasteiger partial charge in [0.15, 0.2) is 5.16 Å². The maximum atomic E-state index is 12.2. The van der Waals surface area contributed by atoms with Gasteiger partial charge in [-0.2, -0.15) is 0 Å². The maximum absolute atomic E-state index is 12.2. The Bertz CT molecular complexity index is 505. The standard InChI is InChI=1S/C13H21N5O2S/c1-3-4-5-7-17-9-15-16-13(17)21-10(2)11(19)18-8-6-14-12(18)20/h9-10H,3-8H2,1-2H3,(H,14,20)/t10-/m1/s1. The quantitative estimate of drug-likeness (QED) is 0.610. The monoisotopic (exact) mass is 311 g/mol. The van der Waals surface area contributed by atoms with E-state index in [2.05, 4.69) is 22.4 Å². The van der Waals surface area contributed by atoms with E-state index < -0.39 is 0 Å². The molecular formula is C13H21N5O2S. The second kappa shape index (κ2) is 7.44. The number of hydrogen-bond acceptors (Lipinski definition) is 5. The van der Waals surface area contributed by atoms with Gasteiger partial charge in [-0.15, -0.1) is 10.2 Å². The van der Waals surface area contributed by atoms with Crippen molar-refractivity contribution >= 4 is 23.7 Å². The van der Waals surface area contributed by atoms with Crippen LogP contribution in [-0.2, 0) is 11.3 Å². The van der Waals surface area contributed by atoms with E-state index in [9.17, 15) is 9.59 Å². The van der Waals surface area contributed by atoms with Gasteiger partial charge >= 0.3 is 6.03 Å². The molecule has 1 aromatic heterocycles. The van der Waals surface area contributed by atoms with E-state index in [1.807, 2.05) is 4.57 Å². The number of carbonyl (C=O) groups excluding carboxylic acids is 2. The number of nitrogens with one attached hydrogen (secondary N) is 1. The zero-order valence-corrected chi connectivity index (χ0v) is 13.2. The predicted molar refractivity (Wildman–Crippen MR) is 80.0 cm³/mol. The maximum Gasteiger partial charge on any atom is 0.324 e. The molecule has 0 spiro atoms. The van der Waals surface area contributed by atoms with Crippen LogP contribution in [0.2, 0.25) is 0 Å². The molecule has 2 heterocycles. The molecule has 1 aromatic rings. The first kappa shape index (κ1) is 15.8. The molecule has 2 rings (SSSR count). The highest BCUT2D eigenvalue weighted by molar-refractivity contribution is 8.00. The predicted octanol–water partition coefficient (Wildman–Crippen LogP) is 1.50. The summed E-state index contributed by atoms with van der Waals surface area (Å²) in [5.41, 5.74) is 0. The molecule has 21 heavy (non-hydrogen) atoms. The van der Waals surface area contributed by atoms with Gasteiger partial charge < -0.3 is 9.88 Å². The Hall–Kier alpha value is -1.57. The Morgan fingerprint density at radius 2 is 2.33 bits per heavy atom. The molecule has 0 saturated carbocycles. The van der Waals surface area contributed by atoms with Gasteiger partial charge in [0.25, 0.3) is 0 Å². The van der Waals surface area contributed by atoms with Crippen molar-refractivity contribution in [2.45, 2.75) is 50.1 Å². The van der Waals surface area contributed by atoms with Crippen molar-refractivity contribution in [1.29, 1.82) is 0 Å². The number of aryl methyl sites for hydroxylation is 1. The second-order valence-electron chi connectivity index (χ2n) is 5.00. The molecule has 0 unspecified atom stereocenters. The van der Waals surface area contributed by atoms with Crippen LogP contribution in [0.25, 0.3) is 0 Å². The Kier molecular flexibility index (Phi) is 5.60. The Balaban J connectivity index is 1.93. The van der Waals surface area contributed by atoms with Crippen molar-refractivity contribution in [3.05, 3.63) is 6.33 Å². The largest absolute Gasteiger partial charge is 0.336 e. The average Bonchev–Trinajstić information content (AvgIpc) is 3.08. The molecule has 116 valence electrons. The normalized spacial score (nSPS) is 16.1. The first-order chi connectivity index (χ1) is 10.1. The van der Waals surface area contributed by atoms with Crippen molar-refractivity contribution in [2.75, 3.05) is 13.1 Å². The molecule has 1 aliphatic heterocycles. The summed E-state index contributed by atoms with van der Waals surface area (Å²) < 4.78 is 1.97. The van der Waals surface area contributed by atoms with Gasteiger partial charge in [0.2, 0.25) is 5.91 Å². The summed E-state index contributed by atoms with van der Waals surface area (Å²) in [5, 5.41) is 11.0. The summed E-state index contributed by atoms with van der Waals surface area (Å²) in [6, 6.07) is -0.308. The molecular weight excluding hydrogens is 290 g/mol. The van der Waals surface area contributed by atoms with Gasteiger partial charge in [-0.05, 0) is 13.3 Å². The summed E-state index contributed by atoms with van der Waals surface area (Å²) in [5.74, 6) is -0.182. The Morgan fingerprint density at radius 3 is 3.00 bits per heavy atom. The number of hydrogen-bond donors (Lipinski definition) is 1. The summed E-state index contributed by atoms with van der Waals surface area (Å²) in [6.07, 6.45) is 5.07. The number of imide groups is 1. The number of urea groups is 1. The van der Waals surface area contributed by atoms with Gasteiger partial charge in [-0.1, -0.05) is 31.5 Å². The van der Waals surface area contributed by atoms with E-state index in [0.29, 0.717) is 13.1 Å². The van der Waals surface area contributed by atoms with E-state index in [1.165, 1.54) is 16.7 Å². The van der Waals surface area contributed by atoms with Crippen LogP contribution in [0.3, 0.4) is 0 Å². The van der Waals surface area contributed by atoms with E-state index in [1.54, 1.807) is 13.3 Å². The number of unbranched alkanes of at least 4 members (excludes halogenated alkanes) is 2. The van der Waals surface area contributed by atoms with E-state index >= 15 is 0 Å². The molecule has 1 aliphatic rings. The highest BCUT2D eigenvalue weighted by Crippen LogP contribution is 2.23. The topological polar surface area (TPSA) is 80.1 Å².